The van der Waals surface area contributed by atoms with Gasteiger partial charge in [0.2, 0.25) is 0 Å². The Labute approximate surface area is 133 Å². The number of hydrogen-bond donors (Lipinski definition) is 0. The van der Waals surface area contributed by atoms with Crippen molar-refractivity contribution in [3.63, 3.8) is 0 Å². The highest BCUT2D eigenvalue weighted by Gasteiger charge is 2.33. The predicted molar refractivity (Wildman–Crippen MR) is 88.9 cm³/mol. The third-order valence-electron chi connectivity index (χ3n) is 2.68. The molecule has 1 aromatic heterocycles. The Balaban J connectivity index is 1.95. The van der Waals surface area contributed by atoms with Crippen molar-refractivity contribution in [3.05, 3.63) is 57.8 Å². The number of thioether (sulfide) groups is 1. The molecule has 1 amide bonds. The smallest absolute Gasteiger partial charge is 0.296 e. The monoisotopic (exact) mass is 365 g/mol. The average molecular weight is 366 g/mol. The number of benzene rings is 1. The second-order valence-electron chi connectivity index (χ2n) is 4.01. The number of carbonyl (C=O) groups excluding carboxylic acids is 1. The molecule has 3 nitrogen and oxygen atoms in total. The van der Waals surface area contributed by atoms with Crippen molar-refractivity contribution < 1.29 is 9.21 Å². The molecule has 2 aromatic rings. The first-order valence-corrected chi connectivity index (χ1v) is 7.74. The summed E-state index contributed by atoms with van der Waals surface area (Å²) in [6.07, 6.45) is 3.37. The van der Waals surface area contributed by atoms with Crippen LogP contribution in [0, 0.1) is 0 Å². The minimum atomic E-state index is -0.106. The van der Waals surface area contributed by atoms with Gasteiger partial charge >= 0.3 is 0 Å². The highest BCUT2D eigenvalue weighted by Crippen LogP contribution is 2.37. The quantitative estimate of drug-likeness (QED) is 0.548. The van der Waals surface area contributed by atoms with Crippen molar-refractivity contribution in [1.29, 1.82) is 0 Å². The number of rotatable bonds is 2. The summed E-state index contributed by atoms with van der Waals surface area (Å²) in [5, 5.41) is -0.106. The normalized spacial score (nSPS) is 17.2. The summed E-state index contributed by atoms with van der Waals surface area (Å²) in [5.74, 6) is 0.679. The van der Waals surface area contributed by atoms with Crippen molar-refractivity contribution in [2.45, 2.75) is 0 Å². The minimum absolute atomic E-state index is 0.106. The molecule has 1 aliphatic rings. The maximum absolute atomic E-state index is 12.1. The summed E-state index contributed by atoms with van der Waals surface area (Å²) in [5.41, 5.74) is 0.754. The molecule has 0 saturated carbocycles. The van der Waals surface area contributed by atoms with Gasteiger partial charge in [-0.25, -0.2) is 0 Å². The van der Waals surface area contributed by atoms with E-state index in [0.717, 1.165) is 26.8 Å². The topological polar surface area (TPSA) is 33.5 Å². The molecule has 6 heteroatoms. The van der Waals surface area contributed by atoms with Gasteiger partial charge in [-0.05, 0) is 48.2 Å². The van der Waals surface area contributed by atoms with Gasteiger partial charge in [0.05, 0.1) is 16.9 Å². The lowest BCUT2D eigenvalue weighted by atomic mass is 10.3. The van der Waals surface area contributed by atoms with Gasteiger partial charge in [0.1, 0.15) is 10.7 Å². The summed E-state index contributed by atoms with van der Waals surface area (Å²) >= 11 is 9.90. The second kappa shape index (κ2) is 5.55. The molecule has 3 rings (SSSR count). The van der Waals surface area contributed by atoms with Crippen LogP contribution in [0.15, 0.2) is 56.5 Å². The van der Waals surface area contributed by atoms with Crippen LogP contribution >= 0.6 is 39.9 Å². The molecule has 2 heterocycles. The molecule has 0 aliphatic carbocycles. The summed E-state index contributed by atoms with van der Waals surface area (Å²) in [6, 6.07) is 11.1. The van der Waals surface area contributed by atoms with Crippen LogP contribution in [-0.4, -0.2) is 10.2 Å². The molecule has 0 spiro atoms. The van der Waals surface area contributed by atoms with E-state index in [-0.39, 0.29) is 5.24 Å². The molecule has 1 fully saturated rings. The summed E-state index contributed by atoms with van der Waals surface area (Å²) in [4.78, 5) is 14.9. The van der Waals surface area contributed by atoms with Gasteiger partial charge in [-0.1, -0.05) is 34.2 Å². The molecular formula is C14H8BrNO2S2. The molecule has 100 valence electrons. The predicted octanol–water partition coefficient (Wildman–Crippen LogP) is 5.08. The first-order chi connectivity index (χ1) is 9.65. The molecule has 0 bridgehead atoms. The molecule has 1 saturated heterocycles. The third-order valence-corrected chi connectivity index (χ3v) is 4.59. The van der Waals surface area contributed by atoms with Crippen molar-refractivity contribution in [2.24, 2.45) is 0 Å². The molecule has 1 aliphatic heterocycles. The van der Waals surface area contributed by atoms with Crippen LogP contribution in [0.3, 0.4) is 0 Å². The number of carbonyl (C=O) groups is 1. The van der Waals surface area contributed by atoms with Gasteiger partial charge < -0.3 is 4.42 Å². The van der Waals surface area contributed by atoms with E-state index >= 15 is 0 Å². The van der Waals surface area contributed by atoms with Gasteiger partial charge in [0.25, 0.3) is 5.24 Å². The Morgan fingerprint density at radius 3 is 2.85 bits per heavy atom. The number of amides is 1. The van der Waals surface area contributed by atoms with Crippen LogP contribution in [0.1, 0.15) is 5.76 Å². The summed E-state index contributed by atoms with van der Waals surface area (Å²) in [6.45, 7) is 0. The Morgan fingerprint density at radius 2 is 2.15 bits per heavy atom. The lowest BCUT2D eigenvalue weighted by molar-refractivity contribution is 0.268. The van der Waals surface area contributed by atoms with E-state index in [0.29, 0.717) is 10.7 Å². The van der Waals surface area contributed by atoms with E-state index in [2.05, 4.69) is 15.9 Å². The first-order valence-electron chi connectivity index (χ1n) is 5.72. The molecular weight excluding hydrogens is 358 g/mol. The standard InChI is InChI=1S/C14H8BrNO2S2/c15-9-3-1-4-10(7-9)16-13(19)12(20-14(16)17)8-11-5-2-6-18-11/h1-8H. The molecule has 20 heavy (non-hydrogen) atoms. The maximum atomic E-state index is 12.1. The van der Waals surface area contributed by atoms with E-state index in [1.807, 2.05) is 30.3 Å². The Hall–Kier alpha value is -1.37. The SMILES string of the molecule is O=C1SC(=Cc2ccco2)C(=S)N1c1cccc(Br)c1. The Bertz CT molecular complexity index is 710. The fourth-order valence-electron chi connectivity index (χ4n) is 1.81. The van der Waals surface area contributed by atoms with E-state index < -0.39 is 0 Å². The van der Waals surface area contributed by atoms with Crippen molar-refractivity contribution in [3.8, 4) is 0 Å². The first kappa shape index (κ1) is 13.6. The third kappa shape index (κ3) is 2.59. The zero-order valence-corrected chi connectivity index (χ0v) is 13.3. The number of hydrogen-bond acceptors (Lipinski definition) is 4. The average Bonchev–Trinajstić information content (AvgIpc) is 2.99. The van der Waals surface area contributed by atoms with Crippen LogP contribution in [0.4, 0.5) is 10.5 Å². The zero-order valence-electron chi connectivity index (χ0n) is 10.1. The highest BCUT2D eigenvalue weighted by molar-refractivity contribution is 9.10. The van der Waals surface area contributed by atoms with E-state index in [4.69, 9.17) is 16.6 Å². The highest BCUT2D eigenvalue weighted by atomic mass is 79.9. The van der Waals surface area contributed by atoms with Crippen molar-refractivity contribution in [1.82, 2.24) is 0 Å². The van der Waals surface area contributed by atoms with Gasteiger partial charge in [-0.3, -0.25) is 9.69 Å². The van der Waals surface area contributed by atoms with Crippen LogP contribution in [-0.2, 0) is 0 Å². The summed E-state index contributed by atoms with van der Waals surface area (Å²) in [7, 11) is 0. The zero-order chi connectivity index (χ0) is 14.1. The van der Waals surface area contributed by atoms with Crippen LogP contribution in [0.2, 0.25) is 0 Å². The maximum Gasteiger partial charge on any atom is 0.296 e. The van der Waals surface area contributed by atoms with E-state index in [1.54, 1.807) is 18.4 Å². The van der Waals surface area contributed by atoms with E-state index in [9.17, 15) is 4.79 Å². The number of furan rings is 1. The van der Waals surface area contributed by atoms with Gasteiger partial charge in [-0.2, -0.15) is 0 Å². The second-order valence-corrected chi connectivity index (χ2v) is 6.31. The van der Waals surface area contributed by atoms with Crippen LogP contribution in [0.25, 0.3) is 6.08 Å². The number of anilines is 1. The lowest BCUT2D eigenvalue weighted by Gasteiger charge is -2.14. The number of nitrogens with zero attached hydrogens (tertiary/aromatic N) is 1. The fourth-order valence-corrected chi connectivity index (χ4v) is 3.46. The van der Waals surface area contributed by atoms with Crippen molar-refractivity contribution >= 4 is 61.9 Å². The van der Waals surface area contributed by atoms with Gasteiger partial charge in [0, 0.05) is 4.47 Å². The van der Waals surface area contributed by atoms with Crippen LogP contribution < -0.4 is 4.90 Å². The van der Waals surface area contributed by atoms with Gasteiger partial charge in [-0.15, -0.1) is 0 Å². The lowest BCUT2D eigenvalue weighted by Crippen LogP contribution is -2.26. The minimum Gasteiger partial charge on any atom is -0.465 e. The summed E-state index contributed by atoms with van der Waals surface area (Å²) < 4.78 is 6.15. The number of halogens is 1. The van der Waals surface area contributed by atoms with Crippen LogP contribution in [0.5, 0.6) is 0 Å². The molecule has 0 unspecified atom stereocenters. The molecule has 0 atom stereocenters. The molecule has 0 N–H and O–H groups in total. The molecule has 1 aromatic carbocycles. The largest absolute Gasteiger partial charge is 0.465 e. The van der Waals surface area contributed by atoms with E-state index in [1.165, 1.54) is 4.90 Å². The molecule has 0 radical (unpaired) electrons. The van der Waals surface area contributed by atoms with Gasteiger partial charge in [0.15, 0.2) is 0 Å². The Morgan fingerprint density at radius 1 is 1.30 bits per heavy atom. The van der Waals surface area contributed by atoms with Crippen molar-refractivity contribution in [2.75, 3.05) is 4.90 Å². The fraction of sp³-hybridized carbons (Fsp3) is 0. The Kier molecular flexibility index (Phi) is 3.78. The number of thiocarbonyl (C=S) groups is 1.